The predicted molar refractivity (Wildman–Crippen MR) is 132 cm³/mol. The number of anilines is 3. The topological polar surface area (TPSA) is 87.7 Å². The zero-order valence-electron chi connectivity index (χ0n) is 18.8. The molecule has 1 heterocycles. The minimum Gasteiger partial charge on any atom is -0.495 e. The van der Waals surface area contributed by atoms with Gasteiger partial charge in [0.1, 0.15) is 16.5 Å². The summed E-state index contributed by atoms with van der Waals surface area (Å²) in [5, 5.41) is 5.51. The summed E-state index contributed by atoms with van der Waals surface area (Å²) in [7, 11) is 1.46. The number of nitrogens with zero attached hydrogens (tertiary/aromatic N) is 1. The number of imide groups is 1. The molecule has 2 N–H and O–H groups in total. The normalized spacial score (nSPS) is 13.4. The highest BCUT2D eigenvalue weighted by atomic mass is 35.5. The fraction of sp³-hybridized carbons (Fsp3) is 0.115. The van der Waals surface area contributed by atoms with Gasteiger partial charge in [-0.05, 0) is 67.9 Å². The zero-order chi connectivity index (χ0) is 24.4. The van der Waals surface area contributed by atoms with Gasteiger partial charge < -0.3 is 15.4 Å². The van der Waals surface area contributed by atoms with E-state index in [4.69, 9.17) is 16.3 Å². The van der Waals surface area contributed by atoms with Crippen LogP contribution in [-0.4, -0.2) is 24.8 Å². The number of carbonyl (C=O) groups is 3. The van der Waals surface area contributed by atoms with Crippen LogP contribution in [0, 0.1) is 13.8 Å². The third-order valence-electron chi connectivity index (χ3n) is 5.33. The Hall–Kier alpha value is -4.10. The van der Waals surface area contributed by atoms with Crippen LogP contribution in [0.15, 0.2) is 77.5 Å². The first kappa shape index (κ1) is 23.1. The molecule has 1 aliphatic heterocycles. The quantitative estimate of drug-likeness (QED) is 0.490. The van der Waals surface area contributed by atoms with E-state index in [2.05, 4.69) is 10.6 Å². The van der Waals surface area contributed by atoms with Crippen LogP contribution in [0.1, 0.15) is 21.5 Å². The monoisotopic (exact) mass is 475 g/mol. The van der Waals surface area contributed by atoms with Gasteiger partial charge in [-0.3, -0.25) is 14.4 Å². The Kier molecular flexibility index (Phi) is 6.38. The Balaban J connectivity index is 1.51. The number of ether oxygens (including phenoxy) is 1. The van der Waals surface area contributed by atoms with Crippen LogP contribution in [0.3, 0.4) is 0 Å². The van der Waals surface area contributed by atoms with Crippen LogP contribution in [-0.2, 0) is 9.59 Å². The summed E-state index contributed by atoms with van der Waals surface area (Å²) < 4.78 is 5.32. The lowest BCUT2D eigenvalue weighted by Gasteiger charge is -2.18. The lowest BCUT2D eigenvalue weighted by molar-refractivity contribution is -0.120. The molecule has 0 aromatic heterocycles. The van der Waals surface area contributed by atoms with Crippen molar-refractivity contribution in [3.8, 4) is 5.75 Å². The van der Waals surface area contributed by atoms with Gasteiger partial charge in [-0.1, -0.05) is 35.4 Å². The molecule has 4 rings (SSSR count). The molecule has 172 valence electrons. The summed E-state index contributed by atoms with van der Waals surface area (Å²) in [4.78, 5) is 39.4. The van der Waals surface area contributed by atoms with Crippen molar-refractivity contribution in [2.45, 2.75) is 13.8 Å². The molecule has 0 atom stereocenters. The molecule has 3 aromatic rings. The Labute approximate surface area is 202 Å². The van der Waals surface area contributed by atoms with E-state index in [0.29, 0.717) is 28.4 Å². The van der Waals surface area contributed by atoms with Gasteiger partial charge in [0, 0.05) is 16.9 Å². The molecule has 0 unspecified atom stereocenters. The fourth-order valence-corrected chi connectivity index (χ4v) is 3.71. The lowest BCUT2D eigenvalue weighted by atomic mass is 10.1. The Morgan fingerprint density at radius 3 is 2.12 bits per heavy atom. The molecule has 1 aliphatic rings. The maximum Gasteiger partial charge on any atom is 0.283 e. The van der Waals surface area contributed by atoms with Gasteiger partial charge in [-0.25, -0.2) is 4.90 Å². The van der Waals surface area contributed by atoms with Gasteiger partial charge in [0.25, 0.3) is 17.7 Å². The second-order valence-corrected chi connectivity index (χ2v) is 8.21. The van der Waals surface area contributed by atoms with Crippen LogP contribution in [0.25, 0.3) is 0 Å². The SMILES string of the molecule is COc1ccc(C)cc1N1C(=O)C(Cl)=C(Nc2ccc(C(=O)Nc3ccc(C)cc3)cc2)C1=O. The molecule has 0 saturated carbocycles. The number of nitrogens with one attached hydrogen (secondary N) is 2. The Bertz CT molecular complexity index is 1310. The number of halogens is 1. The van der Waals surface area contributed by atoms with Gasteiger partial charge in [-0.2, -0.15) is 0 Å². The summed E-state index contributed by atoms with van der Waals surface area (Å²) in [6.07, 6.45) is 0. The maximum absolute atomic E-state index is 13.1. The van der Waals surface area contributed by atoms with E-state index in [-0.39, 0.29) is 16.6 Å². The number of hydrogen-bond acceptors (Lipinski definition) is 5. The highest BCUT2D eigenvalue weighted by Crippen LogP contribution is 2.36. The summed E-state index contributed by atoms with van der Waals surface area (Å²) in [6, 6.07) is 19.2. The van der Waals surface area contributed by atoms with Gasteiger partial charge in [0.2, 0.25) is 0 Å². The molecule has 7 nitrogen and oxygen atoms in total. The maximum atomic E-state index is 13.1. The number of benzene rings is 3. The zero-order valence-corrected chi connectivity index (χ0v) is 19.6. The van der Waals surface area contributed by atoms with Crippen molar-refractivity contribution in [3.05, 3.63) is 94.1 Å². The van der Waals surface area contributed by atoms with Crippen molar-refractivity contribution in [2.24, 2.45) is 0 Å². The predicted octanol–water partition coefficient (Wildman–Crippen LogP) is 5.00. The van der Waals surface area contributed by atoms with Gasteiger partial charge >= 0.3 is 0 Å². The molecule has 3 aromatic carbocycles. The minimum absolute atomic E-state index is 0.0490. The standard InChI is InChI=1S/C26H22ClN3O4/c1-15-4-9-19(10-5-15)29-24(31)17-7-11-18(12-8-17)28-23-22(27)25(32)30(26(23)33)20-14-16(2)6-13-21(20)34-3/h4-14,28H,1-3H3,(H,29,31). The molecule has 0 bridgehead atoms. The average Bonchev–Trinajstić information content (AvgIpc) is 3.04. The number of methoxy groups -OCH3 is 1. The van der Waals surface area contributed by atoms with E-state index in [1.54, 1.807) is 36.4 Å². The highest BCUT2D eigenvalue weighted by Gasteiger charge is 2.40. The summed E-state index contributed by atoms with van der Waals surface area (Å²) in [5.74, 6) is -1.13. The molecule has 8 heteroatoms. The van der Waals surface area contributed by atoms with E-state index < -0.39 is 11.8 Å². The fourth-order valence-electron chi connectivity index (χ4n) is 3.49. The number of rotatable bonds is 6. The number of amides is 3. The van der Waals surface area contributed by atoms with Gasteiger partial charge in [0.05, 0.1) is 12.8 Å². The summed E-state index contributed by atoms with van der Waals surface area (Å²) in [6.45, 7) is 3.82. The molecule has 0 saturated heterocycles. The number of carbonyl (C=O) groups excluding carboxylic acids is 3. The molecule has 34 heavy (non-hydrogen) atoms. The lowest BCUT2D eigenvalue weighted by Crippen LogP contribution is -2.32. The van der Waals surface area contributed by atoms with E-state index in [0.717, 1.165) is 16.0 Å². The molecule has 0 radical (unpaired) electrons. The third-order valence-corrected chi connectivity index (χ3v) is 5.68. The van der Waals surface area contributed by atoms with E-state index >= 15 is 0 Å². The molecule has 3 amide bonds. The second-order valence-electron chi connectivity index (χ2n) is 7.83. The highest BCUT2D eigenvalue weighted by molar-refractivity contribution is 6.53. The Morgan fingerprint density at radius 1 is 0.853 bits per heavy atom. The van der Waals surface area contributed by atoms with Crippen LogP contribution >= 0.6 is 11.6 Å². The van der Waals surface area contributed by atoms with Crippen molar-refractivity contribution in [1.29, 1.82) is 0 Å². The van der Waals surface area contributed by atoms with Gasteiger partial charge in [-0.15, -0.1) is 0 Å². The van der Waals surface area contributed by atoms with Crippen LogP contribution < -0.4 is 20.3 Å². The van der Waals surface area contributed by atoms with E-state index in [1.165, 1.54) is 7.11 Å². The van der Waals surface area contributed by atoms with Crippen molar-refractivity contribution in [2.75, 3.05) is 22.6 Å². The first-order valence-corrected chi connectivity index (χ1v) is 10.8. The van der Waals surface area contributed by atoms with E-state index in [1.807, 2.05) is 44.2 Å². The number of hydrogen-bond donors (Lipinski definition) is 2. The van der Waals surface area contributed by atoms with Crippen LogP contribution in [0.2, 0.25) is 0 Å². The van der Waals surface area contributed by atoms with Crippen LogP contribution in [0.5, 0.6) is 5.75 Å². The molecule has 0 aliphatic carbocycles. The van der Waals surface area contributed by atoms with E-state index in [9.17, 15) is 14.4 Å². The summed E-state index contributed by atoms with van der Waals surface area (Å²) >= 11 is 6.24. The number of aryl methyl sites for hydroxylation is 2. The first-order valence-electron chi connectivity index (χ1n) is 10.5. The molecular weight excluding hydrogens is 454 g/mol. The smallest absolute Gasteiger partial charge is 0.283 e. The molecule has 0 spiro atoms. The van der Waals surface area contributed by atoms with Crippen molar-refractivity contribution in [1.82, 2.24) is 0 Å². The largest absolute Gasteiger partial charge is 0.495 e. The first-order chi connectivity index (χ1) is 16.3. The van der Waals surface area contributed by atoms with Gasteiger partial charge in [0.15, 0.2) is 0 Å². The van der Waals surface area contributed by atoms with Crippen LogP contribution in [0.4, 0.5) is 17.1 Å². The van der Waals surface area contributed by atoms with Crippen molar-refractivity contribution in [3.63, 3.8) is 0 Å². The molecular formula is C26H22ClN3O4. The summed E-state index contributed by atoms with van der Waals surface area (Å²) in [5.41, 5.74) is 3.85. The van der Waals surface area contributed by atoms with Crippen molar-refractivity contribution < 1.29 is 19.1 Å². The Morgan fingerprint density at radius 2 is 1.47 bits per heavy atom. The third kappa shape index (κ3) is 4.51. The second kappa shape index (κ2) is 9.41. The minimum atomic E-state index is -0.646. The average molecular weight is 476 g/mol. The van der Waals surface area contributed by atoms with Crippen molar-refractivity contribution >= 4 is 46.4 Å². The molecule has 0 fully saturated rings.